The second kappa shape index (κ2) is 8.91. The van der Waals surface area contributed by atoms with E-state index < -0.39 is 29.7 Å². The summed E-state index contributed by atoms with van der Waals surface area (Å²) in [4.78, 5) is 22.8. The number of nitro benzene ring substituents is 1. The normalized spacial score (nSPS) is 19.8. The van der Waals surface area contributed by atoms with Gasteiger partial charge >= 0.3 is 5.97 Å². The molecule has 2 aromatic carbocycles. The molecule has 3 rings (SSSR count). The monoisotopic (exact) mass is 399 g/mol. The van der Waals surface area contributed by atoms with Crippen LogP contribution >= 0.6 is 0 Å². The number of anilines is 2. The summed E-state index contributed by atoms with van der Waals surface area (Å²) in [6, 6.07) is 14.5. The molecule has 0 aromatic heterocycles. The summed E-state index contributed by atoms with van der Waals surface area (Å²) >= 11 is 0. The van der Waals surface area contributed by atoms with Crippen molar-refractivity contribution < 1.29 is 24.7 Å². The Balaban J connectivity index is 1.94. The van der Waals surface area contributed by atoms with Crippen LogP contribution in [-0.2, 0) is 9.53 Å². The minimum atomic E-state index is -1.45. The third-order valence-corrected chi connectivity index (χ3v) is 3.94. The zero-order chi connectivity index (χ0) is 20.8. The molecule has 4 N–H and O–H groups in total. The first kappa shape index (κ1) is 19.9. The first-order valence-electron chi connectivity index (χ1n) is 8.47. The summed E-state index contributed by atoms with van der Waals surface area (Å²) in [6.45, 7) is -0.693. The van der Waals surface area contributed by atoms with Crippen LogP contribution in [0.25, 0.3) is 0 Å². The zero-order valence-electron chi connectivity index (χ0n) is 14.9. The van der Waals surface area contributed by atoms with E-state index in [4.69, 9.17) is 4.74 Å². The number of nitro groups is 1. The number of carbonyl (C=O) groups excluding carboxylic acids is 1. The smallest absolute Gasteiger partial charge is 0.361 e. The maximum Gasteiger partial charge on any atom is 0.361 e. The molecule has 29 heavy (non-hydrogen) atoms. The van der Waals surface area contributed by atoms with Crippen molar-refractivity contribution >= 4 is 34.5 Å². The first-order valence-corrected chi connectivity index (χ1v) is 8.47. The van der Waals surface area contributed by atoms with E-state index in [0.29, 0.717) is 5.69 Å². The number of carbonyl (C=O) groups is 1. The van der Waals surface area contributed by atoms with Crippen LogP contribution in [0.15, 0.2) is 64.8 Å². The quantitative estimate of drug-likeness (QED) is 0.306. The number of aliphatic hydroxyl groups excluding tert-OH is 2. The lowest BCUT2D eigenvalue weighted by Crippen LogP contribution is -2.36. The molecule has 2 aromatic rings. The van der Waals surface area contributed by atoms with Gasteiger partial charge in [0.15, 0.2) is 11.8 Å². The Kier molecular flexibility index (Phi) is 6.12. The Labute approximate surface area is 164 Å². The highest BCUT2D eigenvalue weighted by Gasteiger charge is 2.42. The van der Waals surface area contributed by atoms with Crippen LogP contribution in [0.4, 0.5) is 17.1 Å². The molecule has 1 saturated heterocycles. The number of ether oxygens (including phenoxy) is 1. The maximum atomic E-state index is 12.2. The molecule has 1 aliphatic heterocycles. The fourth-order valence-corrected chi connectivity index (χ4v) is 2.52. The standard InChI is InChI=1S/C18H17N5O6/c24-10-14(25)17-15(21-20-12-8-4-5-9-13(12)23(27)28)16(18(26)29-17)22-19-11-6-2-1-3-7-11/h1-9,14,17,19-20,24-25H,10H2/b21-15+,22-16-. The minimum Gasteiger partial charge on any atom is -0.448 e. The Hall–Kier alpha value is -3.83. The van der Waals surface area contributed by atoms with E-state index in [2.05, 4.69) is 21.1 Å². The van der Waals surface area contributed by atoms with Gasteiger partial charge in [-0.15, -0.1) is 0 Å². The van der Waals surface area contributed by atoms with Crippen molar-refractivity contribution in [3.05, 3.63) is 64.7 Å². The highest BCUT2D eigenvalue weighted by atomic mass is 16.6. The van der Waals surface area contributed by atoms with Crippen molar-refractivity contribution in [1.82, 2.24) is 0 Å². The maximum absolute atomic E-state index is 12.2. The van der Waals surface area contributed by atoms with Gasteiger partial charge in [0.25, 0.3) is 5.69 Å². The molecule has 0 amide bonds. The molecule has 0 spiro atoms. The SMILES string of the molecule is O=C1OC(C(O)CO)C(=N/Nc2ccccc2[N+](=O)[O-])/C1=N/Nc1ccccc1. The van der Waals surface area contributed by atoms with E-state index in [0.717, 1.165) is 0 Å². The van der Waals surface area contributed by atoms with Crippen LogP contribution in [-0.4, -0.2) is 51.3 Å². The average Bonchev–Trinajstić information content (AvgIpc) is 3.06. The highest BCUT2D eigenvalue weighted by molar-refractivity contribution is 6.69. The number of hydrazone groups is 2. The summed E-state index contributed by atoms with van der Waals surface area (Å²) in [5.74, 6) is -0.867. The molecule has 0 bridgehead atoms. The molecular formula is C18H17N5O6. The molecule has 2 atom stereocenters. The van der Waals surface area contributed by atoms with Gasteiger partial charge in [-0.25, -0.2) is 4.79 Å². The number of nitrogens with zero attached hydrogens (tertiary/aromatic N) is 3. The van der Waals surface area contributed by atoms with Gasteiger partial charge in [0.2, 0.25) is 0 Å². The van der Waals surface area contributed by atoms with E-state index in [9.17, 15) is 25.1 Å². The molecule has 1 aliphatic rings. The van der Waals surface area contributed by atoms with Crippen molar-refractivity contribution in [2.75, 3.05) is 17.5 Å². The summed E-state index contributed by atoms with van der Waals surface area (Å²) < 4.78 is 5.07. The van der Waals surface area contributed by atoms with Gasteiger partial charge in [-0.2, -0.15) is 10.2 Å². The first-order chi connectivity index (χ1) is 14.0. The number of benzene rings is 2. The van der Waals surface area contributed by atoms with Gasteiger partial charge in [-0.05, 0) is 18.2 Å². The van der Waals surface area contributed by atoms with Crippen LogP contribution in [0.5, 0.6) is 0 Å². The zero-order valence-corrected chi connectivity index (χ0v) is 14.9. The average molecular weight is 399 g/mol. The lowest BCUT2D eigenvalue weighted by Gasteiger charge is -2.14. The van der Waals surface area contributed by atoms with Crippen LogP contribution in [0.3, 0.4) is 0 Å². The van der Waals surface area contributed by atoms with Gasteiger partial charge in [-0.1, -0.05) is 30.3 Å². The number of rotatable bonds is 7. The summed E-state index contributed by atoms with van der Waals surface area (Å²) in [5.41, 5.74) is 5.25. The van der Waals surface area contributed by atoms with Gasteiger partial charge in [0, 0.05) is 6.07 Å². The van der Waals surface area contributed by atoms with Gasteiger partial charge in [0.05, 0.1) is 17.2 Å². The van der Waals surface area contributed by atoms with E-state index in [1.54, 1.807) is 36.4 Å². The Bertz CT molecular complexity index is 962. The number of esters is 1. The number of hydrogen-bond donors (Lipinski definition) is 4. The van der Waals surface area contributed by atoms with Crippen LogP contribution in [0.2, 0.25) is 0 Å². The number of hydrogen-bond acceptors (Lipinski definition) is 10. The highest BCUT2D eigenvalue weighted by Crippen LogP contribution is 2.24. The summed E-state index contributed by atoms with van der Waals surface area (Å²) in [7, 11) is 0. The molecular weight excluding hydrogens is 382 g/mol. The lowest BCUT2D eigenvalue weighted by molar-refractivity contribution is -0.384. The number of para-hydroxylation sites is 3. The molecule has 150 valence electrons. The molecule has 0 aliphatic carbocycles. The number of aliphatic hydroxyl groups is 2. The minimum absolute atomic E-state index is 0.0666. The molecule has 0 radical (unpaired) electrons. The third-order valence-electron chi connectivity index (χ3n) is 3.94. The Morgan fingerprint density at radius 3 is 2.48 bits per heavy atom. The van der Waals surface area contributed by atoms with Crippen molar-refractivity contribution in [3.8, 4) is 0 Å². The van der Waals surface area contributed by atoms with E-state index >= 15 is 0 Å². The van der Waals surface area contributed by atoms with Crippen LogP contribution in [0, 0.1) is 10.1 Å². The fraction of sp³-hybridized carbons (Fsp3) is 0.167. The van der Waals surface area contributed by atoms with Gasteiger partial charge in [0.1, 0.15) is 17.5 Å². The van der Waals surface area contributed by atoms with Crippen molar-refractivity contribution in [2.24, 2.45) is 10.2 Å². The van der Waals surface area contributed by atoms with Crippen LogP contribution < -0.4 is 10.9 Å². The van der Waals surface area contributed by atoms with Gasteiger partial charge < -0.3 is 14.9 Å². The van der Waals surface area contributed by atoms with E-state index in [-0.39, 0.29) is 22.8 Å². The van der Waals surface area contributed by atoms with E-state index in [1.807, 2.05) is 0 Å². The van der Waals surface area contributed by atoms with Gasteiger partial charge in [-0.3, -0.25) is 21.0 Å². The Morgan fingerprint density at radius 2 is 1.79 bits per heavy atom. The second-order valence-electron chi connectivity index (χ2n) is 5.90. The third kappa shape index (κ3) is 4.54. The van der Waals surface area contributed by atoms with E-state index in [1.165, 1.54) is 18.2 Å². The number of nitrogens with one attached hydrogen (secondary N) is 2. The molecule has 1 heterocycles. The predicted octanol–water partition coefficient (Wildman–Crippen LogP) is 1.11. The number of cyclic esters (lactones) is 1. The molecule has 2 unspecified atom stereocenters. The Morgan fingerprint density at radius 1 is 1.10 bits per heavy atom. The second-order valence-corrected chi connectivity index (χ2v) is 5.90. The van der Waals surface area contributed by atoms with Crippen molar-refractivity contribution in [2.45, 2.75) is 12.2 Å². The molecule has 0 saturated carbocycles. The van der Waals surface area contributed by atoms with Crippen molar-refractivity contribution in [1.29, 1.82) is 0 Å². The summed E-state index contributed by atoms with van der Waals surface area (Å²) in [5, 5.41) is 38.3. The fourth-order valence-electron chi connectivity index (χ4n) is 2.52. The molecule has 11 nitrogen and oxygen atoms in total. The molecule has 1 fully saturated rings. The van der Waals surface area contributed by atoms with Crippen molar-refractivity contribution in [3.63, 3.8) is 0 Å². The predicted molar refractivity (Wildman–Crippen MR) is 105 cm³/mol. The van der Waals surface area contributed by atoms with Crippen LogP contribution in [0.1, 0.15) is 0 Å². The summed E-state index contributed by atoms with van der Waals surface area (Å²) in [6.07, 6.45) is -2.74. The lowest BCUT2D eigenvalue weighted by atomic mass is 10.1. The largest absolute Gasteiger partial charge is 0.448 e. The topological polar surface area (TPSA) is 159 Å². The molecule has 11 heteroatoms.